The molecule has 122 valence electrons. The topological polar surface area (TPSA) is 32.8 Å². The van der Waals surface area contributed by atoms with Crippen LogP contribution in [0.2, 0.25) is 0 Å². The van der Waals surface area contributed by atoms with Gasteiger partial charge in [-0.2, -0.15) is 0 Å². The maximum atomic E-state index is 14.1. The number of likely N-dealkylation sites (tertiary alicyclic amines) is 2. The van der Waals surface area contributed by atoms with Crippen molar-refractivity contribution in [2.45, 2.75) is 51.5 Å². The van der Waals surface area contributed by atoms with Crippen LogP contribution < -0.4 is 0 Å². The van der Waals surface area contributed by atoms with Crippen molar-refractivity contribution in [2.75, 3.05) is 32.7 Å². The molecule has 1 amide bonds. The van der Waals surface area contributed by atoms with Crippen LogP contribution in [0.15, 0.2) is 0 Å². The molecular weight excluding hydrogens is 278 g/mol. The molecule has 2 aliphatic heterocycles. The van der Waals surface area contributed by atoms with Gasteiger partial charge in [-0.05, 0) is 39.0 Å². The number of carbonyl (C=O) groups is 1. The molecule has 2 heterocycles. The lowest BCUT2D eigenvalue weighted by atomic mass is 9.95. The van der Waals surface area contributed by atoms with E-state index in [2.05, 4.69) is 4.90 Å². The number of hydrogen-bond donors (Lipinski definition) is 0. The van der Waals surface area contributed by atoms with E-state index in [-0.39, 0.29) is 12.2 Å². The second-order valence-corrected chi connectivity index (χ2v) is 6.47. The zero-order valence-corrected chi connectivity index (χ0v) is 12.9. The third-order valence-electron chi connectivity index (χ3n) is 4.39. The standard InChI is InChI=1S/C15H26F2N2O2/c1-11(2)21-14-5-6-18(10-13(14)16)9-12-3-7-19(8-4-12)15(17)20/h11-14H,3-10H2,1-2H3. The molecular formula is C15H26F2N2O2. The molecule has 2 saturated heterocycles. The maximum Gasteiger partial charge on any atom is 0.400 e. The average molecular weight is 304 g/mol. The predicted molar refractivity (Wildman–Crippen MR) is 76.8 cm³/mol. The van der Waals surface area contributed by atoms with E-state index in [1.165, 1.54) is 4.90 Å². The van der Waals surface area contributed by atoms with Gasteiger partial charge in [0.25, 0.3) is 0 Å². The van der Waals surface area contributed by atoms with Gasteiger partial charge >= 0.3 is 6.16 Å². The summed E-state index contributed by atoms with van der Waals surface area (Å²) in [5.41, 5.74) is 0. The second kappa shape index (κ2) is 7.49. The number of alkyl halides is 1. The summed E-state index contributed by atoms with van der Waals surface area (Å²) >= 11 is 0. The molecule has 0 radical (unpaired) electrons. The van der Waals surface area contributed by atoms with Gasteiger partial charge in [-0.3, -0.25) is 4.90 Å². The maximum absolute atomic E-state index is 14.1. The van der Waals surface area contributed by atoms with Crippen molar-refractivity contribution < 1.29 is 18.3 Å². The molecule has 0 aromatic carbocycles. The fourth-order valence-electron chi connectivity index (χ4n) is 3.27. The van der Waals surface area contributed by atoms with E-state index < -0.39 is 12.3 Å². The molecule has 0 saturated carbocycles. The second-order valence-electron chi connectivity index (χ2n) is 6.47. The van der Waals surface area contributed by atoms with Crippen LogP contribution in [0, 0.1) is 5.92 Å². The van der Waals surface area contributed by atoms with Crippen molar-refractivity contribution in [3.8, 4) is 0 Å². The monoisotopic (exact) mass is 304 g/mol. The van der Waals surface area contributed by atoms with Crippen LogP contribution >= 0.6 is 0 Å². The zero-order chi connectivity index (χ0) is 15.4. The average Bonchev–Trinajstić information content (AvgIpc) is 2.42. The number of hydrogen-bond acceptors (Lipinski definition) is 3. The SMILES string of the molecule is CC(C)OC1CCN(CC2CCN(C(=O)F)CC2)CC1F. The molecule has 0 aromatic rings. The number of amides is 1. The lowest BCUT2D eigenvalue weighted by molar-refractivity contribution is -0.0740. The third-order valence-corrected chi connectivity index (χ3v) is 4.39. The van der Waals surface area contributed by atoms with Crippen LogP contribution in [0.4, 0.5) is 13.6 Å². The smallest absolute Gasteiger partial charge is 0.372 e. The third kappa shape index (κ3) is 4.88. The van der Waals surface area contributed by atoms with E-state index in [9.17, 15) is 13.6 Å². The Kier molecular flexibility index (Phi) is 5.93. The van der Waals surface area contributed by atoms with E-state index in [1.54, 1.807) is 0 Å². The van der Waals surface area contributed by atoms with Gasteiger partial charge < -0.3 is 9.64 Å². The molecule has 4 nitrogen and oxygen atoms in total. The van der Waals surface area contributed by atoms with Crippen molar-refractivity contribution in [1.29, 1.82) is 0 Å². The number of ether oxygens (including phenoxy) is 1. The van der Waals surface area contributed by atoms with Gasteiger partial charge in [0.15, 0.2) is 0 Å². The fourth-order valence-corrected chi connectivity index (χ4v) is 3.27. The Morgan fingerprint density at radius 3 is 2.43 bits per heavy atom. The lowest BCUT2D eigenvalue weighted by Gasteiger charge is -2.38. The predicted octanol–water partition coefficient (Wildman–Crippen LogP) is 2.63. The molecule has 0 spiro atoms. The molecule has 0 N–H and O–H groups in total. The summed E-state index contributed by atoms with van der Waals surface area (Å²) in [5, 5.41) is 0. The summed E-state index contributed by atoms with van der Waals surface area (Å²) in [7, 11) is 0. The summed E-state index contributed by atoms with van der Waals surface area (Å²) in [6.45, 7) is 6.92. The van der Waals surface area contributed by atoms with Crippen LogP contribution in [-0.4, -0.2) is 67.1 Å². The van der Waals surface area contributed by atoms with Crippen LogP contribution in [0.1, 0.15) is 33.1 Å². The number of rotatable bonds is 4. The van der Waals surface area contributed by atoms with Gasteiger partial charge in [0, 0.05) is 32.7 Å². The van der Waals surface area contributed by atoms with Crippen LogP contribution in [0.5, 0.6) is 0 Å². The Labute approximate surface area is 125 Å². The van der Waals surface area contributed by atoms with E-state index in [1.807, 2.05) is 13.8 Å². The van der Waals surface area contributed by atoms with E-state index in [4.69, 9.17) is 4.74 Å². The van der Waals surface area contributed by atoms with Crippen molar-refractivity contribution in [3.05, 3.63) is 0 Å². The van der Waals surface area contributed by atoms with Crippen molar-refractivity contribution >= 4 is 6.16 Å². The minimum Gasteiger partial charge on any atom is -0.372 e. The number of piperidine rings is 2. The summed E-state index contributed by atoms with van der Waals surface area (Å²) in [6, 6.07) is 0. The van der Waals surface area contributed by atoms with E-state index in [0.29, 0.717) is 25.6 Å². The fraction of sp³-hybridized carbons (Fsp3) is 0.933. The zero-order valence-electron chi connectivity index (χ0n) is 12.9. The molecule has 2 fully saturated rings. The molecule has 2 rings (SSSR count). The van der Waals surface area contributed by atoms with E-state index >= 15 is 0 Å². The molecule has 0 aliphatic carbocycles. The van der Waals surface area contributed by atoms with Crippen molar-refractivity contribution in [3.63, 3.8) is 0 Å². The number of halogens is 2. The highest BCUT2D eigenvalue weighted by atomic mass is 19.1. The van der Waals surface area contributed by atoms with Gasteiger partial charge in [-0.15, -0.1) is 4.39 Å². The number of nitrogens with zero attached hydrogens (tertiary/aromatic N) is 2. The van der Waals surface area contributed by atoms with Gasteiger partial charge in [0.05, 0.1) is 12.2 Å². The molecule has 2 aliphatic rings. The quantitative estimate of drug-likeness (QED) is 0.591. The van der Waals surface area contributed by atoms with Gasteiger partial charge in [0.1, 0.15) is 6.17 Å². The molecule has 0 bridgehead atoms. The number of carbonyl (C=O) groups excluding carboxylic acids is 1. The first-order valence-corrected chi connectivity index (χ1v) is 7.92. The highest BCUT2D eigenvalue weighted by Crippen LogP contribution is 2.23. The Balaban J connectivity index is 1.72. The molecule has 0 aromatic heterocycles. The van der Waals surface area contributed by atoms with Crippen LogP contribution in [0.3, 0.4) is 0 Å². The minimum atomic E-state index is -1.33. The van der Waals surface area contributed by atoms with E-state index in [0.717, 1.165) is 32.4 Å². The van der Waals surface area contributed by atoms with Gasteiger partial charge in [-0.25, -0.2) is 9.18 Å². The minimum absolute atomic E-state index is 0.0577. The van der Waals surface area contributed by atoms with Crippen LogP contribution in [-0.2, 0) is 4.74 Å². The normalized spacial score (nSPS) is 29.1. The molecule has 21 heavy (non-hydrogen) atoms. The largest absolute Gasteiger partial charge is 0.400 e. The van der Waals surface area contributed by atoms with Crippen molar-refractivity contribution in [1.82, 2.24) is 9.80 Å². The Hall–Kier alpha value is -0.750. The summed E-state index contributed by atoms with van der Waals surface area (Å²) < 4.78 is 32.3. The first-order chi connectivity index (χ1) is 9.95. The highest BCUT2D eigenvalue weighted by Gasteiger charge is 2.32. The summed E-state index contributed by atoms with van der Waals surface area (Å²) in [6.07, 6.45) is -0.169. The van der Waals surface area contributed by atoms with Crippen LogP contribution in [0.25, 0.3) is 0 Å². The molecule has 6 heteroatoms. The van der Waals surface area contributed by atoms with Gasteiger partial charge in [-0.1, -0.05) is 0 Å². The van der Waals surface area contributed by atoms with Crippen molar-refractivity contribution in [2.24, 2.45) is 5.92 Å². The summed E-state index contributed by atoms with van der Waals surface area (Å²) in [5.74, 6) is 0.426. The highest BCUT2D eigenvalue weighted by molar-refractivity contribution is 5.66. The Bertz CT molecular complexity index is 347. The van der Waals surface area contributed by atoms with Gasteiger partial charge in [0.2, 0.25) is 0 Å². The Morgan fingerprint density at radius 1 is 1.24 bits per heavy atom. The summed E-state index contributed by atoms with van der Waals surface area (Å²) in [4.78, 5) is 14.0. The first kappa shape index (κ1) is 16.6. The lowest BCUT2D eigenvalue weighted by Crippen LogP contribution is -2.49. The molecule has 2 unspecified atom stereocenters. The Morgan fingerprint density at radius 2 is 1.90 bits per heavy atom. The molecule has 2 atom stereocenters. The first-order valence-electron chi connectivity index (χ1n) is 7.92.